The van der Waals surface area contributed by atoms with Gasteiger partial charge in [-0.2, -0.15) is 0 Å². The van der Waals surface area contributed by atoms with E-state index < -0.39 is 0 Å². The van der Waals surface area contributed by atoms with Crippen molar-refractivity contribution in [2.45, 2.75) is 19.4 Å². The van der Waals surface area contributed by atoms with Gasteiger partial charge in [0.1, 0.15) is 0 Å². The van der Waals surface area contributed by atoms with Gasteiger partial charge in [0.2, 0.25) is 0 Å². The number of aliphatic hydroxyl groups is 1. The van der Waals surface area contributed by atoms with Crippen LogP contribution in [-0.4, -0.2) is 64.2 Å². The zero-order valence-electron chi connectivity index (χ0n) is 12.7. The molecule has 0 aliphatic carbocycles. The second-order valence-electron chi connectivity index (χ2n) is 5.52. The molecule has 0 aromatic carbocycles. The minimum atomic E-state index is -0.301. The number of pyridine rings is 1. The zero-order chi connectivity index (χ0) is 15.4. The van der Waals surface area contributed by atoms with Crippen LogP contribution in [0.4, 0.5) is 0 Å². The number of nitrogens with zero attached hydrogens (tertiary/aromatic N) is 3. The van der Waals surface area contributed by atoms with E-state index >= 15 is 0 Å². The average Bonchev–Trinajstić information content (AvgIpc) is 2.50. The van der Waals surface area contributed by atoms with Gasteiger partial charge in [-0.3, -0.25) is 14.5 Å². The Morgan fingerprint density at radius 1 is 1.33 bits per heavy atom. The van der Waals surface area contributed by atoms with E-state index in [2.05, 4.69) is 4.90 Å². The molecule has 0 spiro atoms. The monoisotopic (exact) mass is 293 g/mol. The highest BCUT2D eigenvalue weighted by Gasteiger charge is 2.23. The summed E-state index contributed by atoms with van der Waals surface area (Å²) in [5, 5.41) is 9.66. The molecule has 1 aliphatic heterocycles. The Kier molecular flexibility index (Phi) is 5.14. The zero-order valence-corrected chi connectivity index (χ0v) is 12.7. The maximum atomic E-state index is 12.4. The molecule has 116 valence electrons. The van der Waals surface area contributed by atoms with Crippen LogP contribution in [0.5, 0.6) is 0 Å². The third kappa shape index (κ3) is 3.92. The summed E-state index contributed by atoms with van der Waals surface area (Å²) < 4.78 is 1.45. The lowest BCUT2D eigenvalue weighted by atomic mass is 10.2. The molecule has 2 heterocycles. The minimum absolute atomic E-state index is 0.0941. The molecule has 0 unspecified atom stereocenters. The largest absolute Gasteiger partial charge is 0.392 e. The second kappa shape index (κ2) is 6.87. The van der Waals surface area contributed by atoms with Crippen molar-refractivity contribution in [1.29, 1.82) is 0 Å². The van der Waals surface area contributed by atoms with Crippen LogP contribution >= 0.6 is 0 Å². The van der Waals surface area contributed by atoms with Crippen LogP contribution in [0.2, 0.25) is 0 Å². The normalized spacial score (nSPS) is 17.8. The molecule has 1 amide bonds. The number of aromatic nitrogens is 1. The van der Waals surface area contributed by atoms with Crippen LogP contribution in [0, 0.1) is 0 Å². The summed E-state index contributed by atoms with van der Waals surface area (Å²) in [7, 11) is 1.66. The first-order valence-corrected chi connectivity index (χ1v) is 7.37. The number of piperazine rings is 1. The predicted octanol–water partition coefficient (Wildman–Crippen LogP) is -0.0860. The van der Waals surface area contributed by atoms with Gasteiger partial charge in [-0.05, 0) is 12.5 Å². The van der Waals surface area contributed by atoms with Crippen molar-refractivity contribution in [3.63, 3.8) is 0 Å². The minimum Gasteiger partial charge on any atom is -0.392 e. The lowest BCUT2D eigenvalue weighted by Gasteiger charge is -2.35. The fraction of sp³-hybridized carbons (Fsp3) is 0.600. The smallest absolute Gasteiger partial charge is 0.254 e. The van der Waals surface area contributed by atoms with Gasteiger partial charge in [-0.1, -0.05) is 6.92 Å². The molecule has 2 rings (SSSR count). The summed E-state index contributed by atoms with van der Waals surface area (Å²) in [6, 6.07) is 3.06. The number of aliphatic hydroxyl groups excluding tert-OH is 1. The number of carbonyl (C=O) groups excluding carboxylic acids is 1. The molecular formula is C15H23N3O3. The highest BCUT2D eigenvalue weighted by molar-refractivity contribution is 5.94. The van der Waals surface area contributed by atoms with Crippen molar-refractivity contribution in [3.8, 4) is 0 Å². The number of hydrogen-bond donors (Lipinski definition) is 1. The Balaban J connectivity index is 1.94. The molecule has 1 N–H and O–H groups in total. The predicted molar refractivity (Wildman–Crippen MR) is 80.3 cm³/mol. The van der Waals surface area contributed by atoms with E-state index in [9.17, 15) is 14.7 Å². The number of amides is 1. The van der Waals surface area contributed by atoms with Crippen molar-refractivity contribution in [1.82, 2.24) is 14.4 Å². The first kappa shape index (κ1) is 15.7. The van der Waals surface area contributed by atoms with Crippen LogP contribution in [0.25, 0.3) is 0 Å². The third-order valence-electron chi connectivity index (χ3n) is 3.95. The van der Waals surface area contributed by atoms with E-state index in [4.69, 9.17) is 0 Å². The van der Waals surface area contributed by atoms with Gasteiger partial charge in [0.05, 0.1) is 6.10 Å². The molecule has 0 saturated carbocycles. The van der Waals surface area contributed by atoms with E-state index in [0.717, 1.165) is 19.5 Å². The molecule has 6 heteroatoms. The summed E-state index contributed by atoms with van der Waals surface area (Å²) in [6.45, 7) is 5.39. The van der Waals surface area contributed by atoms with Gasteiger partial charge >= 0.3 is 0 Å². The Bertz CT molecular complexity index is 547. The summed E-state index contributed by atoms with van der Waals surface area (Å²) in [4.78, 5) is 27.9. The number of hydrogen-bond acceptors (Lipinski definition) is 4. The van der Waals surface area contributed by atoms with Gasteiger partial charge in [0, 0.05) is 57.6 Å². The van der Waals surface area contributed by atoms with Crippen molar-refractivity contribution in [2.75, 3.05) is 32.7 Å². The first-order valence-electron chi connectivity index (χ1n) is 7.37. The quantitative estimate of drug-likeness (QED) is 0.843. The van der Waals surface area contributed by atoms with Crippen molar-refractivity contribution in [3.05, 3.63) is 34.2 Å². The van der Waals surface area contributed by atoms with E-state index in [1.807, 2.05) is 6.92 Å². The molecule has 21 heavy (non-hydrogen) atoms. The standard InChI is InChI=1S/C15H23N3O3/c1-3-13(19)11-17-6-8-18(9-7-17)15(21)12-4-5-16(2)14(20)10-12/h4-5,10,13,19H,3,6-9,11H2,1-2H3/t13-/m0/s1. The molecule has 6 nitrogen and oxygen atoms in total. The van der Waals surface area contributed by atoms with Crippen LogP contribution in [0.15, 0.2) is 23.1 Å². The van der Waals surface area contributed by atoms with Gasteiger partial charge in [-0.25, -0.2) is 0 Å². The van der Waals surface area contributed by atoms with Crippen molar-refractivity contribution in [2.24, 2.45) is 7.05 Å². The Hall–Kier alpha value is -1.66. The summed E-state index contributed by atoms with van der Waals surface area (Å²) in [5.41, 5.74) is 0.269. The highest BCUT2D eigenvalue weighted by Crippen LogP contribution is 2.08. The van der Waals surface area contributed by atoms with E-state index in [-0.39, 0.29) is 17.6 Å². The van der Waals surface area contributed by atoms with E-state index in [0.29, 0.717) is 25.2 Å². The second-order valence-corrected chi connectivity index (χ2v) is 5.52. The third-order valence-corrected chi connectivity index (χ3v) is 3.95. The number of aryl methyl sites for hydroxylation is 1. The van der Waals surface area contributed by atoms with E-state index in [1.54, 1.807) is 24.2 Å². The number of rotatable bonds is 4. The van der Waals surface area contributed by atoms with Crippen LogP contribution in [-0.2, 0) is 7.05 Å². The Morgan fingerprint density at radius 3 is 2.57 bits per heavy atom. The lowest BCUT2D eigenvalue weighted by Crippen LogP contribution is -2.50. The molecule has 1 aliphatic rings. The maximum Gasteiger partial charge on any atom is 0.254 e. The molecule has 1 aromatic heterocycles. The maximum absolute atomic E-state index is 12.4. The Morgan fingerprint density at radius 2 is 2.00 bits per heavy atom. The highest BCUT2D eigenvalue weighted by atomic mass is 16.3. The van der Waals surface area contributed by atoms with Crippen molar-refractivity contribution < 1.29 is 9.90 Å². The molecule has 0 radical (unpaired) electrons. The van der Waals surface area contributed by atoms with Crippen molar-refractivity contribution >= 4 is 5.91 Å². The van der Waals surface area contributed by atoms with Crippen LogP contribution in [0.3, 0.4) is 0 Å². The summed E-state index contributed by atoms with van der Waals surface area (Å²) in [5.74, 6) is -0.0941. The Labute approximate surface area is 124 Å². The number of carbonyl (C=O) groups is 1. The molecular weight excluding hydrogens is 270 g/mol. The molecule has 0 bridgehead atoms. The van der Waals surface area contributed by atoms with Crippen LogP contribution < -0.4 is 5.56 Å². The molecule has 1 fully saturated rings. The average molecular weight is 293 g/mol. The summed E-state index contributed by atoms with van der Waals surface area (Å²) >= 11 is 0. The van der Waals surface area contributed by atoms with Gasteiger partial charge in [0.15, 0.2) is 0 Å². The van der Waals surface area contributed by atoms with Gasteiger partial charge < -0.3 is 14.6 Å². The fourth-order valence-electron chi connectivity index (χ4n) is 2.42. The van der Waals surface area contributed by atoms with Gasteiger partial charge in [0.25, 0.3) is 11.5 Å². The fourth-order valence-corrected chi connectivity index (χ4v) is 2.42. The molecule has 1 aromatic rings. The number of β-amino-alcohol motifs (C(OH)–C–C–N with tert-alkyl or cyclic N) is 1. The summed E-state index contributed by atoms with van der Waals surface area (Å²) in [6.07, 6.45) is 2.06. The van der Waals surface area contributed by atoms with E-state index in [1.165, 1.54) is 10.6 Å². The van der Waals surface area contributed by atoms with Gasteiger partial charge in [-0.15, -0.1) is 0 Å². The lowest BCUT2D eigenvalue weighted by molar-refractivity contribution is 0.0523. The SMILES string of the molecule is CC[C@H](O)CN1CCN(C(=O)c2ccn(C)c(=O)c2)CC1. The first-order chi connectivity index (χ1) is 10.0. The van der Waals surface area contributed by atoms with Crippen LogP contribution in [0.1, 0.15) is 23.7 Å². The molecule has 1 saturated heterocycles. The molecule has 1 atom stereocenters. The topological polar surface area (TPSA) is 65.8 Å².